The summed E-state index contributed by atoms with van der Waals surface area (Å²) in [4.78, 5) is 0. The molecule has 1 aromatic rings. The van der Waals surface area contributed by atoms with E-state index in [4.69, 9.17) is 0 Å². The van der Waals surface area contributed by atoms with E-state index in [1.165, 1.54) is 0 Å². The molecule has 2 heteroatoms. The summed E-state index contributed by atoms with van der Waals surface area (Å²) in [7, 11) is 0. The second-order valence-electron chi connectivity index (χ2n) is 1.98. The number of alkyl halides is 2. The first-order chi connectivity index (χ1) is 4.79. The van der Waals surface area contributed by atoms with Gasteiger partial charge in [0.1, 0.15) is 0 Å². The van der Waals surface area contributed by atoms with Gasteiger partial charge in [-0.2, -0.15) is 0 Å². The number of hydrogen-bond acceptors (Lipinski definition) is 0. The lowest BCUT2D eigenvalue weighted by molar-refractivity contribution is 0.149. The smallest absolute Gasteiger partial charge is 0.210 e. The van der Waals surface area contributed by atoms with Gasteiger partial charge in [-0.05, 0) is 11.6 Å². The molecule has 0 nitrogen and oxygen atoms in total. The van der Waals surface area contributed by atoms with Gasteiger partial charge in [0.15, 0.2) is 0 Å². The van der Waals surface area contributed by atoms with Crippen molar-refractivity contribution < 1.29 is 8.78 Å². The molecule has 1 radical (unpaired) electrons. The van der Waals surface area contributed by atoms with E-state index in [0.717, 1.165) is 0 Å². The van der Waals surface area contributed by atoms with Crippen LogP contribution in [-0.4, -0.2) is 6.43 Å². The molecule has 10 heavy (non-hydrogen) atoms. The van der Waals surface area contributed by atoms with E-state index in [1.54, 1.807) is 24.3 Å². The van der Waals surface area contributed by atoms with Crippen LogP contribution >= 0.6 is 0 Å². The maximum atomic E-state index is 11.7. The first-order valence-electron chi connectivity index (χ1n) is 3.03. The van der Waals surface area contributed by atoms with E-state index in [1.807, 2.05) is 0 Å². The van der Waals surface area contributed by atoms with Crippen molar-refractivity contribution in [1.82, 2.24) is 0 Å². The number of benzene rings is 1. The minimum absolute atomic E-state index is 0.194. The van der Waals surface area contributed by atoms with Crippen LogP contribution in [0.15, 0.2) is 24.3 Å². The van der Waals surface area contributed by atoms with Gasteiger partial charge >= 0.3 is 0 Å². The zero-order valence-corrected chi connectivity index (χ0v) is 5.35. The third-order valence-corrected chi connectivity index (χ3v) is 1.15. The van der Waals surface area contributed by atoms with Crippen molar-refractivity contribution >= 4 is 0 Å². The van der Waals surface area contributed by atoms with Crippen LogP contribution < -0.4 is 0 Å². The largest absolute Gasteiger partial charge is 0.242 e. The molecule has 0 atom stereocenters. The van der Waals surface area contributed by atoms with E-state index in [-0.39, 0.29) is 6.42 Å². The van der Waals surface area contributed by atoms with E-state index in [9.17, 15) is 8.78 Å². The van der Waals surface area contributed by atoms with Crippen molar-refractivity contribution in [2.75, 3.05) is 0 Å². The predicted molar refractivity (Wildman–Crippen MR) is 35.0 cm³/mol. The maximum Gasteiger partial charge on any atom is 0.242 e. The minimum atomic E-state index is -2.27. The third-order valence-electron chi connectivity index (χ3n) is 1.15. The number of hydrogen-bond donors (Lipinski definition) is 0. The lowest BCUT2D eigenvalue weighted by Gasteiger charge is -1.96. The highest BCUT2D eigenvalue weighted by atomic mass is 19.3. The molecule has 0 fully saturated rings. The average molecular weight is 141 g/mol. The highest BCUT2D eigenvalue weighted by Crippen LogP contribution is 2.04. The first-order valence-corrected chi connectivity index (χ1v) is 3.03. The second kappa shape index (κ2) is 3.30. The van der Waals surface area contributed by atoms with Gasteiger partial charge in [0.25, 0.3) is 0 Å². The SMILES string of the molecule is FC(F)Cc1[c]cccc1. The summed E-state index contributed by atoms with van der Waals surface area (Å²) in [5.74, 6) is 0. The van der Waals surface area contributed by atoms with Crippen LogP contribution in [0, 0.1) is 6.07 Å². The maximum absolute atomic E-state index is 11.7. The zero-order chi connectivity index (χ0) is 7.40. The molecule has 1 aromatic carbocycles. The van der Waals surface area contributed by atoms with E-state index in [0.29, 0.717) is 5.56 Å². The first kappa shape index (κ1) is 7.19. The molecule has 0 heterocycles. The van der Waals surface area contributed by atoms with Gasteiger partial charge < -0.3 is 0 Å². The van der Waals surface area contributed by atoms with Crippen LogP contribution in [-0.2, 0) is 6.42 Å². The Kier molecular flexibility index (Phi) is 2.37. The van der Waals surface area contributed by atoms with Gasteiger partial charge in [0.2, 0.25) is 6.43 Å². The summed E-state index contributed by atoms with van der Waals surface area (Å²) in [6.07, 6.45) is -2.46. The predicted octanol–water partition coefficient (Wildman–Crippen LogP) is 2.29. The highest BCUT2D eigenvalue weighted by Gasteiger charge is 2.02. The van der Waals surface area contributed by atoms with Gasteiger partial charge in [-0.15, -0.1) is 0 Å². The van der Waals surface area contributed by atoms with Crippen LogP contribution in [0.4, 0.5) is 8.78 Å². The topological polar surface area (TPSA) is 0 Å². The molecule has 0 amide bonds. The molecule has 0 aliphatic rings. The normalized spacial score (nSPS) is 10.3. The second-order valence-corrected chi connectivity index (χ2v) is 1.98. The highest BCUT2D eigenvalue weighted by molar-refractivity contribution is 5.13. The van der Waals surface area contributed by atoms with Crippen LogP contribution in [0.3, 0.4) is 0 Å². The van der Waals surface area contributed by atoms with Gasteiger partial charge in [-0.25, -0.2) is 8.78 Å². The Labute approximate surface area is 58.5 Å². The molecule has 0 N–H and O–H groups in total. The quantitative estimate of drug-likeness (QED) is 0.592. The monoisotopic (exact) mass is 141 g/mol. The standard InChI is InChI=1S/C8H7F2/c9-8(10)6-7-4-2-1-3-5-7/h1-4,8H,6H2. The van der Waals surface area contributed by atoms with Crippen molar-refractivity contribution in [3.05, 3.63) is 35.9 Å². The van der Waals surface area contributed by atoms with Gasteiger partial charge in [0.05, 0.1) is 0 Å². The fourth-order valence-electron chi connectivity index (χ4n) is 0.724. The average Bonchev–Trinajstić information content (AvgIpc) is 1.88. The van der Waals surface area contributed by atoms with Crippen LogP contribution in [0.2, 0.25) is 0 Å². The van der Waals surface area contributed by atoms with Gasteiger partial charge in [0, 0.05) is 6.42 Å². The van der Waals surface area contributed by atoms with E-state index < -0.39 is 6.43 Å². The molecule has 0 aromatic heterocycles. The Morgan fingerprint density at radius 1 is 1.40 bits per heavy atom. The molecule has 0 bridgehead atoms. The number of halogens is 2. The summed E-state index contributed by atoms with van der Waals surface area (Å²) < 4.78 is 23.4. The molecule has 0 unspecified atom stereocenters. The lowest BCUT2D eigenvalue weighted by atomic mass is 10.2. The van der Waals surface area contributed by atoms with Gasteiger partial charge in [-0.3, -0.25) is 0 Å². The van der Waals surface area contributed by atoms with E-state index >= 15 is 0 Å². The molecule has 1 rings (SSSR count). The molecule has 0 saturated carbocycles. The number of rotatable bonds is 2. The fourth-order valence-corrected chi connectivity index (χ4v) is 0.724. The van der Waals surface area contributed by atoms with Crippen LogP contribution in [0.5, 0.6) is 0 Å². The molecule has 53 valence electrons. The molecule has 0 aliphatic carbocycles. The molecule has 0 spiro atoms. The van der Waals surface area contributed by atoms with Crippen LogP contribution in [0.25, 0.3) is 0 Å². The van der Waals surface area contributed by atoms with Crippen molar-refractivity contribution in [1.29, 1.82) is 0 Å². The summed E-state index contributed by atoms with van der Waals surface area (Å²) in [5, 5.41) is 0. The summed E-state index contributed by atoms with van der Waals surface area (Å²) >= 11 is 0. The summed E-state index contributed by atoms with van der Waals surface area (Å²) in [6.45, 7) is 0. The lowest BCUT2D eigenvalue weighted by Crippen LogP contribution is -1.95. The van der Waals surface area contributed by atoms with E-state index in [2.05, 4.69) is 6.07 Å². The molecular weight excluding hydrogens is 134 g/mol. The Morgan fingerprint density at radius 2 is 2.20 bits per heavy atom. The van der Waals surface area contributed by atoms with Crippen molar-refractivity contribution in [2.24, 2.45) is 0 Å². The van der Waals surface area contributed by atoms with Crippen LogP contribution in [0.1, 0.15) is 5.56 Å². The zero-order valence-electron chi connectivity index (χ0n) is 5.35. The van der Waals surface area contributed by atoms with Crippen molar-refractivity contribution in [2.45, 2.75) is 12.8 Å². The summed E-state index contributed by atoms with van der Waals surface area (Å²) in [6, 6.07) is 9.49. The Balaban J connectivity index is 2.59. The fraction of sp³-hybridized carbons (Fsp3) is 0.250. The summed E-state index contributed by atoms with van der Waals surface area (Å²) in [5.41, 5.74) is 0.567. The Bertz CT molecular complexity index is 182. The molecule has 0 saturated heterocycles. The minimum Gasteiger partial charge on any atom is -0.210 e. The Hall–Kier alpha value is -0.920. The van der Waals surface area contributed by atoms with Crippen molar-refractivity contribution in [3.63, 3.8) is 0 Å². The third kappa shape index (κ3) is 2.13. The van der Waals surface area contributed by atoms with Crippen molar-refractivity contribution in [3.8, 4) is 0 Å². The van der Waals surface area contributed by atoms with Gasteiger partial charge in [-0.1, -0.05) is 24.3 Å². The molecular formula is C8H7F2. The Morgan fingerprint density at radius 3 is 2.70 bits per heavy atom. The molecule has 0 aliphatic heterocycles.